The lowest BCUT2D eigenvalue weighted by molar-refractivity contribution is 0.282. The minimum absolute atomic E-state index is 0.00908. The Morgan fingerprint density at radius 1 is 1.47 bits per heavy atom. The number of hydrogen-bond donors (Lipinski definition) is 1. The molecule has 1 atom stereocenters. The van der Waals surface area contributed by atoms with Gasteiger partial charge in [-0.2, -0.15) is 11.8 Å². The minimum atomic E-state index is -0.00908. The normalized spacial score (nSPS) is 12.5. The van der Waals surface area contributed by atoms with Gasteiger partial charge in [0.05, 0.1) is 6.61 Å². The maximum atomic E-state index is 9.09. The fraction of sp³-hybridized carbons (Fsp3) is 0.538. The summed E-state index contributed by atoms with van der Waals surface area (Å²) in [7, 11) is 2.09. The number of aliphatic hydroxyl groups excluding tert-OH is 1. The molecule has 0 amide bonds. The second-order valence-corrected chi connectivity index (χ2v) is 5.38. The maximum Gasteiger partial charge on any atom is 0.0696 e. The Labute approximate surface area is 113 Å². The van der Waals surface area contributed by atoms with Gasteiger partial charge in [-0.05, 0) is 30.4 Å². The van der Waals surface area contributed by atoms with Gasteiger partial charge in [-0.3, -0.25) is 0 Å². The van der Waals surface area contributed by atoms with E-state index in [0.717, 1.165) is 23.4 Å². The van der Waals surface area contributed by atoms with E-state index in [4.69, 9.17) is 16.7 Å². The third-order valence-electron chi connectivity index (χ3n) is 2.99. The van der Waals surface area contributed by atoms with Gasteiger partial charge in [0.25, 0.3) is 0 Å². The number of rotatable bonds is 6. The summed E-state index contributed by atoms with van der Waals surface area (Å²) in [4.78, 5) is 2.25. The van der Waals surface area contributed by atoms with Crippen LogP contribution in [0, 0.1) is 0 Å². The van der Waals surface area contributed by atoms with E-state index in [1.54, 1.807) is 0 Å². The number of nitrogens with zero attached hydrogens (tertiary/aromatic N) is 1. The van der Waals surface area contributed by atoms with Gasteiger partial charge in [0.15, 0.2) is 0 Å². The van der Waals surface area contributed by atoms with Crippen molar-refractivity contribution in [2.75, 3.05) is 24.0 Å². The Bertz CT molecular complexity index is 359. The van der Waals surface area contributed by atoms with Gasteiger partial charge in [-0.25, -0.2) is 0 Å². The van der Waals surface area contributed by atoms with Crippen molar-refractivity contribution in [2.45, 2.75) is 26.0 Å². The van der Waals surface area contributed by atoms with Crippen LogP contribution in [0.5, 0.6) is 0 Å². The van der Waals surface area contributed by atoms with E-state index in [9.17, 15) is 0 Å². The molecule has 0 spiro atoms. The lowest BCUT2D eigenvalue weighted by Crippen LogP contribution is -2.33. The van der Waals surface area contributed by atoms with Crippen LogP contribution < -0.4 is 4.90 Å². The molecule has 1 N–H and O–H groups in total. The van der Waals surface area contributed by atoms with Gasteiger partial charge in [-0.15, -0.1) is 0 Å². The lowest BCUT2D eigenvalue weighted by Gasteiger charge is -2.29. The van der Waals surface area contributed by atoms with Gasteiger partial charge in [0.2, 0.25) is 0 Å². The van der Waals surface area contributed by atoms with Crippen LogP contribution in [0.25, 0.3) is 0 Å². The Morgan fingerprint density at radius 3 is 2.65 bits per heavy atom. The van der Waals surface area contributed by atoms with Gasteiger partial charge >= 0.3 is 0 Å². The molecule has 2 nitrogen and oxygen atoms in total. The van der Waals surface area contributed by atoms with Crippen molar-refractivity contribution in [3.8, 4) is 0 Å². The van der Waals surface area contributed by atoms with Crippen LogP contribution in [-0.2, 0) is 6.61 Å². The second kappa shape index (κ2) is 7.14. The molecule has 0 aromatic heterocycles. The van der Waals surface area contributed by atoms with Crippen LogP contribution in [0.15, 0.2) is 18.2 Å². The van der Waals surface area contributed by atoms with Gasteiger partial charge < -0.3 is 10.0 Å². The molecule has 0 saturated carbocycles. The Balaban J connectivity index is 2.87. The third-order valence-corrected chi connectivity index (χ3v) is 4.06. The summed E-state index contributed by atoms with van der Waals surface area (Å²) in [6, 6.07) is 6.34. The topological polar surface area (TPSA) is 23.5 Å². The molecule has 0 fully saturated rings. The zero-order valence-electron chi connectivity index (χ0n) is 10.6. The first kappa shape index (κ1) is 14.7. The van der Waals surface area contributed by atoms with E-state index in [1.165, 1.54) is 0 Å². The predicted octanol–water partition coefficient (Wildman–Crippen LogP) is 3.41. The highest BCUT2D eigenvalue weighted by molar-refractivity contribution is 7.98. The lowest BCUT2D eigenvalue weighted by atomic mass is 10.1. The van der Waals surface area contributed by atoms with Crippen molar-refractivity contribution in [2.24, 2.45) is 0 Å². The van der Waals surface area contributed by atoms with E-state index in [-0.39, 0.29) is 6.61 Å². The SMILES string of the molecule is CCC(CSC)N(C)c1ccc(CO)c(Cl)c1. The van der Waals surface area contributed by atoms with Crippen LogP contribution >= 0.6 is 23.4 Å². The molecule has 1 aromatic rings. The van der Waals surface area contributed by atoms with Gasteiger partial charge in [-0.1, -0.05) is 24.6 Å². The average molecular weight is 274 g/mol. The summed E-state index contributed by atoms with van der Waals surface area (Å²) in [6.45, 7) is 2.19. The summed E-state index contributed by atoms with van der Waals surface area (Å²) >= 11 is 7.96. The Kier molecular flexibility index (Phi) is 6.17. The first-order valence-electron chi connectivity index (χ1n) is 5.75. The molecule has 1 unspecified atom stereocenters. The summed E-state index contributed by atoms with van der Waals surface area (Å²) in [5.41, 5.74) is 1.88. The van der Waals surface area contributed by atoms with E-state index >= 15 is 0 Å². The highest BCUT2D eigenvalue weighted by atomic mass is 35.5. The first-order valence-corrected chi connectivity index (χ1v) is 7.52. The maximum absolute atomic E-state index is 9.09. The largest absolute Gasteiger partial charge is 0.392 e. The predicted molar refractivity (Wildman–Crippen MR) is 78.2 cm³/mol. The summed E-state index contributed by atoms with van der Waals surface area (Å²) < 4.78 is 0. The molecule has 0 saturated heterocycles. The standard InChI is InChI=1S/C13H20ClNOS/c1-4-11(9-17-3)15(2)12-6-5-10(8-16)13(14)7-12/h5-7,11,16H,4,8-9H2,1-3H3. The van der Waals surface area contributed by atoms with Crippen molar-refractivity contribution in [3.63, 3.8) is 0 Å². The van der Waals surface area contributed by atoms with E-state index in [2.05, 4.69) is 25.1 Å². The quantitative estimate of drug-likeness (QED) is 0.859. The van der Waals surface area contributed by atoms with Crippen LogP contribution in [0.1, 0.15) is 18.9 Å². The Morgan fingerprint density at radius 2 is 2.18 bits per heavy atom. The molecule has 96 valence electrons. The van der Waals surface area contributed by atoms with Crippen molar-refractivity contribution in [1.82, 2.24) is 0 Å². The summed E-state index contributed by atoms with van der Waals surface area (Å²) in [6.07, 6.45) is 3.23. The first-order chi connectivity index (χ1) is 8.13. The second-order valence-electron chi connectivity index (χ2n) is 4.06. The number of halogens is 1. The van der Waals surface area contributed by atoms with Gasteiger partial charge in [0, 0.05) is 29.6 Å². The smallest absolute Gasteiger partial charge is 0.0696 e. The summed E-state index contributed by atoms with van der Waals surface area (Å²) in [5.74, 6) is 1.10. The molecule has 0 bridgehead atoms. The highest BCUT2D eigenvalue weighted by Gasteiger charge is 2.13. The summed E-state index contributed by atoms with van der Waals surface area (Å²) in [5, 5.41) is 9.72. The van der Waals surface area contributed by atoms with E-state index in [0.29, 0.717) is 11.1 Å². The number of thioether (sulfide) groups is 1. The molecule has 0 heterocycles. The van der Waals surface area contributed by atoms with Gasteiger partial charge in [0.1, 0.15) is 0 Å². The van der Waals surface area contributed by atoms with E-state index in [1.807, 2.05) is 30.0 Å². The zero-order valence-corrected chi connectivity index (χ0v) is 12.2. The van der Waals surface area contributed by atoms with E-state index < -0.39 is 0 Å². The van der Waals surface area contributed by atoms with Crippen molar-refractivity contribution >= 4 is 29.1 Å². The molecule has 1 aromatic carbocycles. The highest BCUT2D eigenvalue weighted by Crippen LogP contribution is 2.25. The molecule has 0 aliphatic rings. The van der Waals surface area contributed by atoms with Crippen LogP contribution in [-0.4, -0.2) is 30.2 Å². The van der Waals surface area contributed by atoms with Crippen molar-refractivity contribution in [3.05, 3.63) is 28.8 Å². The number of aliphatic hydroxyl groups is 1. The number of hydrogen-bond acceptors (Lipinski definition) is 3. The molecule has 0 radical (unpaired) electrons. The number of benzene rings is 1. The molecule has 1 rings (SSSR count). The molecular formula is C13H20ClNOS. The minimum Gasteiger partial charge on any atom is -0.392 e. The molecule has 17 heavy (non-hydrogen) atoms. The third kappa shape index (κ3) is 3.80. The number of anilines is 1. The fourth-order valence-electron chi connectivity index (χ4n) is 1.79. The molecule has 0 aliphatic carbocycles. The van der Waals surface area contributed by atoms with Crippen molar-refractivity contribution in [1.29, 1.82) is 0 Å². The fourth-order valence-corrected chi connectivity index (χ4v) is 2.87. The van der Waals surface area contributed by atoms with Crippen molar-refractivity contribution < 1.29 is 5.11 Å². The molecular weight excluding hydrogens is 254 g/mol. The molecule has 4 heteroatoms. The Hall–Kier alpha value is -0.380. The molecule has 0 aliphatic heterocycles. The zero-order chi connectivity index (χ0) is 12.8. The van der Waals surface area contributed by atoms with Crippen LogP contribution in [0.2, 0.25) is 5.02 Å². The van der Waals surface area contributed by atoms with Crippen LogP contribution in [0.4, 0.5) is 5.69 Å². The average Bonchev–Trinajstić information content (AvgIpc) is 2.35. The monoisotopic (exact) mass is 273 g/mol. The van der Waals surface area contributed by atoms with Crippen LogP contribution in [0.3, 0.4) is 0 Å².